The van der Waals surface area contributed by atoms with Crippen LogP contribution in [0.5, 0.6) is 0 Å². The van der Waals surface area contributed by atoms with Crippen LogP contribution in [0.3, 0.4) is 0 Å². The lowest BCUT2D eigenvalue weighted by Gasteiger charge is -2.24. The van der Waals surface area contributed by atoms with Gasteiger partial charge in [0.25, 0.3) is 0 Å². The number of alkyl halides is 4. The summed E-state index contributed by atoms with van der Waals surface area (Å²) in [4.78, 5) is 21.4. The van der Waals surface area contributed by atoms with E-state index in [0.29, 0.717) is 0 Å². The summed E-state index contributed by atoms with van der Waals surface area (Å²) in [6, 6.07) is 0. The van der Waals surface area contributed by atoms with Crippen LogP contribution in [0.1, 0.15) is 0 Å². The smallest absolute Gasteiger partial charge is 0.320 e. The molecular weight excluding hydrogens is 334 g/mol. The predicted molar refractivity (Wildman–Crippen MR) is 60.5 cm³/mol. The fourth-order valence-electron chi connectivity index (χ4n) is 0.795. The van der Waals surface area contributed by atoms with Crippen molar-refractivity contribution < 1.29 is 19.1 Å². The zero-order valence-electron chi connectivity index (χ0n) is 7.80. The first-order valence-corrected chi connectivity index (χ1v) is 5.67. The highest BCUT2D eigenvalue weighted by atomic mass is 79.9. The van der Waals surface area contributed by atoms with Crippen molar-refractivity contribution in [3.63, 3.8) is 0 Å². The van der Waals surface area contributed by atoms with Gasteiger partial charge in [-0.05, 0) is 0 Å². The predicted octanol–water partition coefficient (Wildman–Crippen LogP) is 2.08. The molecule has 4 nitrogen and oxygen atoms in total. The van der Waals surface area contributed by atoms with Gasteiger partial charge in [-0.15, -0.1) is 0 Å². The number of ether oxygens (including phenoxy) is 2. The van der Waals surface area contributed by atoms with Crippen LogP contribution in [0.15, 0.2) is 0 Å². The molecule has 0 aliphatic heterocycles. The second-order valence-corrected chi connectivity index (χ2v) is 5.82. The average Bonchev–Trinajstić information content (AvgIpc) is 2.14. The lowest BCUT2D eigenvalue weighted by molar-refractivity contribution is -0.150. The van der Waals surface area contributed by atoms with Gasteiger partial charge >= 0.3 is 11.9 Å². The van der Waals surface area contributed by atoms with Crippen LogP contribution in [0.4, 0.5) is 0 Å². The minimum atomic E-state index is -1.96. The molecule has 0 heterocycles. The first-order chi connectivity index (χ1) is 6.75. The lowest BCUT2D eigenvalue weighted by atomic mass is 10.1. The fraction of sp³-hybridized carbons (Fsp3) is 0.714. The van der Waals surface area contributed by atoms with E-state index in [0.717, 1.165) is 14.2 Å². The number of rotatable bonds is 3. The van der Waals surface area contributed by atoms with Gasteiger partial charge in [0.15, 0.2) is 0 Å². The van der Waals surface area contributed by atoms with Gasteiger partial charge in [0, 0.05) is 0 Å². The Morgan fingerprint density at radius 1 is 1.13 bits per heavy atom. The summed E-state index contributed by atoms with van der Waals surface area (Å²) in [5.41, 5.74) is 0. The van der Waals surface area contributed by atoms with Crippen molar-refractivity contribution >= 4 is 62.7 Å². The van der Waals surface area contributed by atoms with Crippen molar-refractivity contribution in [3.8, 4) is 0 Å². The second-order valence-electron chi connectivity index (χ2n) is 2.47. The Labute approximate surface area is 110 Å². The molecule has 15 heavy (non-hydrogen) atoms. The van der Waals surface area contributed by atoms with Crippen LogP contribution in [0, 0.1) is 5.92 Å². The van der Waals surface area contributed by atoms with Crippen LogP contribution in [-0.2, 0) is 19.1 Å². The van der Waals surface area contributed by atoms with Crippen molar-refractivity contribution in [3.05, 3.63) is 0 Å². The molecule has 0 saturated heterocycles. The Balaban J connectivity index is 4.95. The third kappa shape index (κ3) is 4.34. The van der Waals surface area contributed by atoms with E-state index in [-0.39, 0.29) is 0 Å². The van der Waals surface area contributed by atoms with Crippen LogP contribution in [0.25, 0.3) is 0 Å². The van der Waals surface area contributed by atoms with Crippen molar-refractivity contribution in [1.82, 2.24) is 0 Å². The zero-order valence-corrected chi connectivity index (χ0v) is 11.7. The van der Waals surface area contributed by atoms with Crippen LogP contribution in [-0.4, -0.2) is 34.8 Å². The number of carbonyl (C=O) groups is 2. The number of hydrogen-bond acceptors (Lipinski definition) is 4. The van der Waals surface area contributed by atoms with Gasteiger partial charge in [-0.3, -0.25) is 9.59 Å². The van der Waals surface area contributed by atoms with Gasteiger partial charge in [-0.25, -0.2) is 0 Å². The summed E-state index contributed by atoms with van der Waals surface area (Å²) in [6.45, 7) is 0. The number of hydrogen-bond donors (Lipinski definition) is 0. The molecule has 8 heteroatoms. The normalized spacial score (nSPS) is 15.3. The molecule has 0 unspecified atom stereocenters. The largest absolute Gasteiger partial charge is 0.469 e. The van der Waals surface area contributed by atoms with Crippen molar-refractivity contribution in [2.75, 3.05) is 14.2 Å². The molecule has 88 valence electrons. The molecular formula is C7H8BrCl3O4. The fourth-order valence-corrected chi connectivity index (χ4v) is 2.70. The van der Waals surface area contributed by atoms with E-state index in [1.165, 1.54) is 0 Å². The highest BCUT2D eigenvalue weighted by Gasteiger charge is 2.47. The van der Waals surface area contributed by atoms with E-state index in [1.54, 1.807) is 0 Å². The SMILES string of the molecule is COC(=O)[C@H]([C@@H](Br)C(=O)OC)C(Cl)(Cl)Cl. The zero-order chi connectivity index (χ0) is 12.2. The van der Waals surface area contributed by atoms with Gasteiger partial charge in [0.2, 0.25) is 3.79 Å². The van der Waals surface area contributed by atoms with Crippen LogP contribution < -0.4 is 0 Å². The molecule has 0 radical (unpaired) electrons. The molecule has 0 N–H and O–H groups in total. The lowest BCUT2D eigenvalue weighted by Crippen LogP contribution is -2.40. The summed E-state index contributed by atoms with van der Waals surface area (Å²) in [5, 5.41) is 0. The van der Waals surface area contributed by atoms with Gasteiger partial charge in [-0.1, -0.05) is 50.7 Å². The highest BCUT2D eigenvalue weighted by molar-refractivity contribution is 9.10. The molecule has 0 bridgehead atoms. The minimum Gasteiger partial charge on any atom is -0.469 e. The minimum absolute atomic E-state index is 0.725. The van der Waals surface area contributed by atoms with E-state index in [4.69, 9.17) is 34.8 Å². The van der Waals surface area contributed by atoms with Gasteiger partial charge < -0.3 is 9.47 Å². The quantitative estimate of drug-likeness (QED) is 0.582. The third-order valence-electron chi connectivity index (χ3n) is 1.53. The Bertz CT molecular complexity index is 253. The summed E-state index contributed by atoms with van der Waals surface area (Å²) in [6.07, 6.45) is 0. The van der Waals surface area contributed by atoms with Crippen molar-refractivity contribution in [2.45, 2.75) is 8.62 Å². The van der Waals surface area contributed by atoms with Crippen LogP contribution >= 0.6 is 50.7 Å². The monoisotopic (exact) mass is 340 g/mol. The second kappa shape index (κ2) is 6.13. The van der Waals surface area contributed by atoms with Crippen molar-refractivity contribution in [2.24, 2.45) is 5.92 Å². The maximum absolute atomic E-state index is 11.3. The molecule has 0 aromatic heterocycles. The van der Waals surface area contributed by atoms with E-state index >= 15 is 0 Å². The Hall–Kier alpha value is 0.290. The first-order valence-electron chi connectivity index (χ1n) is 3.62. The summed E-state index contributed by atoms with van der Waals surface area (Å²) in [7, 11) is 2.28. The standard InChI is InChI=1S/C7H8BrCl3O4/c1-14-5(12)3(7(9,10)11)4(8)6(13)15-2/h3-4H,1-2H3/t3-,4+/m0/s1. The first kappa shape index (κ1) is 15.3. The number of methoxy groups -OCH3 is 2. The molecule has 2 atom stereocenters. The third-order valence-corrected chi connectivity index (χ3v) is 3.13. The van der Waals surface area contributed by atoms with Gasteiger partial charge in [0.05, 0.1) is 14.2 Å². The maximum Gasteiger partial charge on any atom is 0.320 e. The molecule has 0 aromatic carbocycles. The molecule has 0 rings (SSSR count). The maximum atomic E-state index is 11.3. The summed E-state index contributed by atoms with van der Waals surface area (Å²) in [5.74, 6) is -2.82. The summed E-state index contributed by atoms with van der Waals surface area (Å²) >= 11 is 19.6. The molecule has 0 saturated carbocycles. The molecule has 0 aliphatic rings. The van der Waals surface area contributed by atoms with E-state index in [2.05, 4.69) is 25.4 Å². The van der Waals surface area contributed by atoms with Gasteiger partial charge in [-0.2, -0.15) is 0 Å². The Morgan fingerprint density at radius 2 is 1.53 bits per heavy atom. The molecule has 0 amide bonds. The Kier molecular flexibility index (Phi) is 6.25. The molecule has 0 aromatic rings. The molecule has 0 spiro atoms. The average molecular weight is 342 g/mol. The number of carbonyl (C=O) groups excluding carboxylic acids is 2. The highest BCUT2D eigenvalue weighted by Crippen LogP contribution is 2.40. The number of esters is 2. The van der Waals surface area contributed by atoms with E-state index in [9.17, 15) is 9.59 Å². The van der Waals surface area contributed by atoms with Crippen molar-refractivity contribution in [1.29, 1.82) is 0 Å². The van der Waals surface area contributed by atoms with E-state index < -0.39 is 26.5 Å². The summed E-state index contributed by atoms with van der Waals surface area (Å²) < 4.78 is 6.88. The topological polar surface area (TPSA) is 52.6 Å². The number of halogens is 4. The van der Waals surface area contributed by atoms with E-state index in [1.807, 2.05) is 0 Å². The van der Waals surface area contributed by atoms with Crippen LogP contribution in [0.2, 0.25) is 0 Å². The van der Waals surface area contributed by atoms with Gasteiger partial charge in [0.1, 0.15) is 10.7 Å². The molecule has 0 fully saturated rings. The Morgan fingerprint density at radius 3 is 1.80 bits per heavy atom. The molecule has 0 aliphatic carbocycles.